The van der Waals surface area contributed by atoms with Crippen LogP contribution in [0.5, 0.6) is 11.5 Å². The molecule has 2 aliphatic heterocycles. The summed E-state index contributed by atoms with van der Waals surface area (Å²) in [4.78, 5) is 23.0. The number of benzene rings is 2. The molecule has 2 aromatic carbocycles. The van der Waals surface area contributed by atoms with Crippen molar-refractivity contribution < 1.29 is 28.0 Å². The number of hydrogen-bond acceptors (Lipinski definition) is 5. The normalized spacial score (nSPS) is 20.6. The number of non-ortho nitro benzene ring substituents is 1. The zero-order valence-corrected chi connectivity index (χ0v) is 12.4. The Hall–Kier alpha value is -3.29. The molecule has 1 atom stereocenters. The van der Waals surface area contributed by atoms with Crippen molar-refractivity contribution in [1.82, 2.24) is 0 Å². The molecule has 25 heavy (non-hydrogen) atoms. The number of Topliss-reactive ketones (excluding diaryl/α,β-unsaturated/α-hetero) is 1. The van der Waals surface area contributed by atoms with Gasteiger partial charge < -0.3 is 9.47 Å². The molecule has 2 heterocycles. The predicted octanol–water partition coefficient (Wildman–Crippen LogP) is 3.61. The summed E-state index contributed by atoms with van der Waals surface area (Å²) in [6, 6.07) is 9.58. The summed E-state index contributed by atoms with van der Waals surface area (Å²) in [5.74, 6) is -3.40. The van der Waals surface area contributed by atoms with Gasteiger partial charge in [-0.05, 0) is 18.2 Å². The molecule has 0 radical (unpaired) electrons. The van der Waals surface area contributed by atoms with Gasteiger partial charge in [0.1, 0.15) is 11.5 Å². The van der Waals surface area contributed by atoms with E-state index >= 15 is 0 Å². The lowest BCUT2D eigenvalue weighted by Gasteiger charge is -2.40. The molecular formula is C17H9F2NO5. The van der Waals surface area contributed by atoms with Gasteiger partial charge in [-0.25, -0.2) is 8.78 Å². The zero-order valence-electron chi connectivity index (χ0n) is 12.4. The van der Waals surface area contributed by atoms with Gasteiger partial charge in [-0.15, -0.1) is 0 Å². The van der Waals surface area contributed by atoms with Gasteiger partial charge in [-0.1, -0.05) is 18.2 Å². The van der Waals surface area contributed by atoms with Crippen LogP contribution in [0.1, 0.15) is 15.9 Å². The third-order valence-corrected chi connectivity index (χ3v) is 4.07. The largest absolute Gasteiger partial charge is 0.443 e. The second kappa shape index (κ2) is 5.10. The van der Waals surface area contributed by atoms with Crippen LogP contribution < -0.4 is 9.47 Å². The molecule has 2 aliphatic rings. The number of ether oxygens (including phenoxy) is 2. The topological polar surface area (TPSA) is 78.7 Å². The lowest BCUT2D eigenvalue weighted by molar-refractivity contribution is -0.384. The molecule has 6 nitrogen and oxygen atoms in total. The SMILES string of the molecule is O=C1C2=Cc3ccccc3OC2(C(F)F)Oc2ccc([N+](=O)[O-])cc21. The van der Waals surface area contributed by atoms with Gasteiger partial charge in [0.2, 0.25) is 5.78 Å². The Morgan fingerprint density at radius 1 is 1.08 bits per heavy atom. The van der Waals surface area contributed by atoms with E-state index in [4.69, 9.17) is 9.47 Å². The Labute approximate surface area is 139 Å². The summed E-state index contributed by atoms with van der Waals surface area (Å²) in [5, 5.41) is 10.9. The van der Waals surface area contributed by atoms with Gasteiger partial charge in [0, 0.05) is 17.7 Å². The number of fused-ring (bicyclic) bond motifs is 3. The summed E-state index contributed by atoms with van der Waals surface area (Å²) in [5.41, 5.74) is -0.438. The van der Waals surface area contributed by atoms with Crippen LogP contribution in [0.2, 0.25) is 0 Å². The molecule has 8 heteroatoms. The van der Waals surface area contributed by atoms with Gasteiger partial charge in [0.15, 0.2) is 0 Å². The van der Waals surface area contributed by atoms with Gasteiger partial charge in [-0.3, -0.25) is 14.9 Å². The van der Waals surface area contributed by atoms with Crippen LogP contribution in [0.25, 0.3) is 6.08 Å². The molecule has 0 amide bonds. The van der Waals surface area contributed by atoms with Gasteiger partial charge in [-0.2, -0.15) is 0 Å². The fraction of sp³-hybridized carbons (Fsp3) is 0.118. The number of nitro benzene ring substituents is 1. The minimum atomic E-state index is -3.15. The molecule has 4 rings (SSSR count). The summed E-state index contributed by atoms with van der Waals surface area (Å²) in [6.45, 7) is 0. The zero-order chi connectivity index (χ0) is 17.8. The van der Waals surface area contributed by atoms with Gasteiger partial charge in [0.05, 0.1) is 16.1 Å². The summed E-state index contributed by atoms with van der Waals surface area (Å²) >= 11 is 0. The molecule has 0 saturated carbocycles. The van der Waals surface area contributed by atoms with E-state index in [-0.39, 0.29) is 22.7 Å². The van der Waals surface area contributed by atoms with E-state index in [1.165, 1.54) is 12.1 Å². The number of para-hydroxylation sites is 1. The fourth-order valence-electron chi connectivity index (χ4n) is 2.88. The van der Waals surface area contributed by atoms with E-state index in [9.17, 15) is 23.7 Å². The number of alkyl halides is 2. The monoisotopic (exact) mass is 345 g/mol. The summed E-state index contributed by atoms with van der Waals surface area (Å²) in [6.07, 6.45) is -1.88. The van der Waals surface area contributed by atoms with Crippen molar-refractivity contribution in [2.45, 2.75) is 12.2 Å². The van der Waals surface area contributed by atoms with E-state index in [0.717, 1.165) is 18.2 Å². The van der Waals surface area contributed by atoms with Gasteiger partial charge in [0.25, 0.3) is 5.69 Å². The first-order valence-corrected chi connectivity index (χ1v) is 7.23. The Kier molecular flexibility index (Phi) is 3.11. The number of hydrogen-bond donors (Lipinski definition) is 0. The second-order valence-corrected chi connectivity index (χ2v) is 5.53. The Morgan fingerprint density at radius 3 is 2.52 bits per heavy atom. The molecule has 0 fully saturated rings. The van der Waals surface area contributed by atoms with Crippen LogP contribution in [0.3, 0.4) is 0 Å². The number of nitrogens with zero attached hydrogens (tertiary/aromatic N) is 1. The average molecular weight is 345 g/mol. The number of nitro groups is 1. The first-order chi connectivity index (χ1) is 11.9. The van der Waals surface area contributed by atoms with Crippen molar-refractivity contribution in [2.75, 3.05) is 0 Å². The summed E-state index contributed by atoms with van der Waals surface area (Å²) < 4.78 is 38.5. The number of carbonyl (C=O) groups is 1. The van der Waals surface area contributed by atoms with Crippen molar-refractivity contribution in [3.63, 3.8) is 0 Å². The van der Waals surface area contributed by atoms with Gasteiger partial charge >= 0.3 is 12.2 Å². The maximum absolute atomic E-state index is 13.9. The van der Waals surface area contributed by atoms with Crippen LogP contribution in [0.15, 0.2) is 48.0 Å². The maximum Gasteiger partial charge on any atom is 0.344 e. The second-order valence-electron chi connectivity index (χ2n) is 5.53. The highest BCUT2D eigenvalue weighted by molar-refractivity contribution is 6.16. The van der Waals surface area contributed by atoms with Crippen molar-refractivity contribution in [1.29, 1.82) is 0 Å². The van der Waals surface area contributed by atoms with E-state index in [1.807, 2.05) is 0 Å². The van der Waals surface area contributed by atoms with Crippen LogP contribution in [0.4, 0.5) is 14.5 Å². The Bertz CT molecular complexity index is 956. The van der Waals surface area contributed by atoms with Crippen LogP contribution in [-0.4, -0.2) is 22.9 Å². The number of ketones is 1. The fourth-order valence-corrected chi connectivity index (χ4v) is 2.88. The minimum absolute atomic E-state index is 0.153. The Balaban J connectivity index is 1.94. The third kappa shape index (κ3) is 2.10. The molecule has 126 valence electrons. The molecule has 2 aromatic rings. The predicted molar refractivity (Wildman–Crippen MR) is 81.8 cm³/mol. The van der Waals surface area contributed by atoms with Crippen LogP contribution in [0, 0.1) is 10.1 Å². The molecule has 0 aromatic heterocycles. The van der Waals surface area contributed by atoms with Crippen molar-refractivity contribution in [3.8, 4) is 11.5 Å². The number of halogens is 2. The Morgan fingerprint density at radius 2 is 1.80 bits per heavy atom. The molecular weight excluding hydrogens is 336 g/mol. The average Bonchev–Trinajstić information content (AvgIpc) is 2.60. The van der Waals surface area contributed by atoms with Crippen molar-refractivity contribution >= 4 is 17.5 Å². The number of rotatable bonds is 2. The van der Waals surface area contributed by atoms with E-state index in [1.54, 1.807) is 18.2 Å². The van der Waals surface area contributed by atoms with Crippen molar-refractivity contribution in [2.24, 2.45) is 0 Å². The highest BCUT2D eigenvalue weighted by atomic mass is 19.3. The smallest absolute Gasteiger partial charge is 0.344 e. The highest BCUT2D eigenvalue weighted by Gasteiger charge is 2.57. The maximum atomic E-state index is 13.9. The lowest BCUT2D eigenvalue weighted by atomic mass is 9.88. The first-order valence-electron chi connectivity index (χ1n) is 7.23. The van der Waals surface area contributed by atoms with Crippen LogP contribution in [-0.2, 0) is 0 Å². The highest BCUT2D eigenvalue weighted by Crippen LogP contribution is 2.46. The first kappa shape index (κ1) is 15.3. The molecule has 1 unspecified atom stereocenters. The van der Waals surface area contributed by atoms with Crippen molar-refractivity contribution in [3.05, 3.63) is 69.3 Å². The number of carbonyl (C=O) groups excluding carboxylic acids is 1. The standard InChI is InChI=1S/C17H9F2NO5/c18-16(19)17-12(7-9-3-1-2-4-13(9)24-17)15(21)11-8-10(20(22)23)5-6-14(11)25-17/h1-8,16H. The third-order valence-electron chi connectivity index (χ3n) is 4.07. The van der Waals surface area contributed by atoms with E-state index in [0.29, 0.717) is 5.56 Å². The summed E-state index contributed by atoms with van der Waals surface area (Å²) in [7, 11) is 0. The van der Waals surface area contributed by atoms with Crippen LogP contribution >= 0.6 is 0 Å². The molecule has 0 aliphatic carbocycles. The quantitative estimate of drug-likeness (QED) is 0.614. The lowest BCUT2D eigenvalue weighted by Crippen LogP contribution is -2.56. The molecule has 0 bridgehead atoms. The molecule has 0 saturated heterocycles. The molecule has 0 N–H and O–H groups in total. The molecule has 0 spiro atoms. The van der Waals surface area contributed by atoms with E-state index in [2.05, 4.69) is 0 Å². The van der Waals surface area contributed by atoms with E-state index < -0.39 is 28.5 Å². The minimum Gasteiger partial charge on any atom is -0.443 e.